The molecule has 1 saturated heterocycles. The molecule has 0 bridgehead atoms. The van der Waals surface area contributed by atoms with E-state index in [-0.39, 0.29) is 17.9 Å². The number of carbonyl (C=O) groups is 1. The summed E-state index contributed by atoms with van der Waals surface area (Å²) in [6.07, 6.45) is 3.56. The number of methoxy groups -OCH3 is 1. The minimum Gasteiger partial charge on any atom is -0.493 e. The molecule has 0 aliphatic carbocycles. The van der Waals surface area contributed by atoms with Gasteiger partial charge in [0, 0.05) is 48.1 Å². The van der Waals surface area contributed by atoms with Crippen molar-refractivity contribution >= 4 is 23.0 Å². The van der Waals surface area contributed by atoms with Gasteiger partial charge in [-0.1, -0.05) is 6.92 Å². The quantitative estimate of drug-likeness (QED) is 0.264. The van der Waals surface area contributed by atoms with Crippen LogP contribution in [0, 0.1) is 23.2 Å². The molecule has 10 heteroatoms. The Labute approximate surface area is 250 Å². The van der Waals surface area contributed by atoms with Crippen molar-refractivity contribution in [1.29, 1.82) is 5.26 Å². The molecule has 2 aliphatic rings. The lowest BCUT2D eigenvalue weighted by molar-refractivity contribution is -0.116. The lowest BCUT2D eigenvalue weighted by Gasteiger charge is -2.33. The van der Waals surface area contributed by atoms with E-state index in [4.69, 9.17) is 14.2 Å². The first-order chi connectivity index (χ1) is 20.3. The molecular formula is C32H46N6O4. The molecule has 4 unspecified atom stereocenters. The second kappa shape index (κ2) is 15.0. The van der Waals surface area contributed by atoms with Crippen LogP contribution in [0.3, 0.4) is 0 Å². The Morgan fingerprint density at radius 2 is 2.00 bits per heavy atom. The molecule has 42 heavy (non-hydrogen) atoms. The van der Waals surface area contributed by atoms with Crippen molar-refractivity contribution in [2.75, 3.05) is 70.0 Å². The fourth-order valence-corrected chi connectivity index (χ4v) is 5.57. The van der Waals surface area contributed by atoms with Crippen LogP contribution in [0.25, 0.3) is 0 Å². The molecule has 0 spiro atoms. The molecule has 0 saturated carbocycles. The Morgan fingerprint density at radius 1 is 1.17 bits per heavy atom. The summed E-state index contributed by atoms with van der Waals surface area (Å²) in [6.45, 7) is 7.55. The number of hydrogen-bond acceptors (Lipinski definition) is 9. The van der Waals surface area contributed by atoms with Crippen molar-refractivity contribution in [3.8, 4) is 23.3 Å². The van der Waals surface area contributed by atoms with Crippen LogP contribution in [-0.2, 0) is 4.79 Å². The van der Waals surface area contributed by atoms with Crippen molar-refractivity contribution in [3.05, 3.63) is 35.9 Å². The van der Waals surface area contributed by atoms with Crippen LogP contribution in [0.5, 0.6) is 17.2 Å². The fraction of sp³-hybridized carbons (Fsp3) is 0.562. The molecule has 1 fully saturated rings. The predicted molar refractivity (Wildman–Crippen MR) is 167 cm³/mol. The maximum absolute atomic E-state index is 12.8. The number of fused-ring (bicyclic) bond motifs is 1. The average molecular weight is 579 g/mol. The highest BCUT2D eigenvalue weighted by Gasteiger charge is 2.32. The molecule has 10 nitrogen and oxygen atoms in total. The highest BCUT2D eigenvalue weighted by atomic mass is 16.5. The Bertz CT molecular complexity index is 1250. The summed E-state index contributed by atoms with van der Waals surface area (Å²) >= 11 is 0. The van der Waals surface area contributed by atoms with E-state index in [1.807, 2.05) is 51.4 Å². The second-order valence-electron chi connectivity index (χ2n) is 11.4. The van der Waals surface area contributed by atoms with E-state index in [9.17, 15) is 10.1 Å². The minimum absolute atomic E-state index is 0.0685. The van der Waals surface area contributed by atoms with E-state index in [0.29, 0.717) is 61.1 Å². The molecule has 2 aromatic carbocycles. The summed E-state index contributed by atoms with van der Waals surface area (Å²) in [5.41, 5.74) is 3.17. The van der Waals surface area contributed by atoms with Crippen LogP contribution in [0.4, 0.5) is 17.1 Å². The van der Waals surface area contributed by atoms with Gasteiger partial charge >= 0.3 is 0 Å². The second-order valence-corrected chi connectivity index (χ2v) is 11.4. The van der Waals surface area contributed by atoms with Gasteiger partial charge in [0.15, 0.2) is 11.5 Å². The van der Waals surface area contributed by atoms with Gasteiger partial charge in [0.05, 0.1) is 37.4 Å². The Balaban J connectivity index is 1.55. The molecule has 0 aromatic heterocycles. The molecule has 2 aromatic rings. The smallest absolute Gasteiger partial charge is 0.224 e. The number of nitriles is 1. The highest BCUT2D eigenvalue weighted by molar-refractivity contribution is 5.93. The normalized spacial score (nSPS) is 21.5. The van der Waals surface area contributed by atoms with E-state index in [1.165, 1.54) is 12.8 Å². The van der Waals surface area contributed by atoms with Crippen LogP contribution < -0.4 is 35.5 Å². The number of piperidine rings is 1. The number of benzene rings is 2. The van der Waals surface area contributed by atoms with Crippen LogP contribution in [0.15, 0.2) is 30.3 Å². The van der Waals surface area contributed by atoms with E-state index in [1.54, 1.807) is 7.11 Å². The fourth-order valence-electron chi connectivity index (χ4n) is 5.57. The zero-order chi connectivity index (χ0) is 30.1. The summed E-state index contributed by atoms with van der Waals surface area (Å²) in [6, 6.07) is 12.0. The first kappa shape index (κ1) is 31.3. The number of ether oxygens (including phenoxy) is 3. The number of hydrogen-bond donors (Lipinski definition) is 4. The molecule has 4 atom stereocenters. The highest BCUT2D eigenvalue weighted by Crippen LogP contribution is 2.42. The molecule has 228 valence electrons. The predicted octanol–water partition coefficient (Wildman–Crippen LogP) is 4.86. The Morgan fingerprint density at radius 3 is 2.71 bits per heavy atom. The van der Waals surface area contributed by atoms with Crippen LogP contribution >= 0.6 is 0 Å². The third kappa shape index (κ3) is 7.99. The SMILES string of the molecule is CCOc1cc2c(cc1NC(=O)CCCN(C)C)C(Nc1ccc(OCC3NCCCC3C)c(OC)c1)C(C#N)CN2. The molecule has 0 radical (unpaired) electrons. The van der Waals surface area contributed by atoms with E-state index >= 15 is 0 Å². The summed E-state index contributed by atoms with van der Waals surface area (Å²) in [7, 11) is 5.62. The van der Waals surface area contributed by atoms with Crippen LogP contribution in [0.2, 0.25) is 0 Å². The summed E-state index contributed by atoms with van der Waals surface area (Å²) in [5.74, 6) is 2.06. The van der Waals surface area contributed by atoms with Gasteiger partial charge in [-0.2, -0.15) is 5.26 Å². The van der Waals surface area contributed by atoms with Gasteiger partial charge in [0.1, 0.15) is 12.4 Å². The maximum atomic E-state index is 12.8. The third-order valence-electron chi connectivity index (χ3n) is 7.98. The molecule has 1 amide bonds. The zero-order valence-corrected chi connectivity index (χ0v) is 25.6. The monoisotopic (exact) mass is 578 g/mol. The van der Waals surface area contributed by atoms with Crippen LogP contribution in [0.1, 0.15) is 51.1 Å². The lowest BCUT2D eigenvalue weighted by atomic mass is 9.88. The van der Waals surface area contributed by atoms with Crippen LogP contribution in [-0.4, -0.2) is 70.9 Å². The Hall–Kier alpha value is -3.68. The number of nitrogens with zero attached hydrogens (tertiary/aromatic N) is 2. The Kier molecular flexibility index (Phi) is 11.2. The summed E-state index contributed by atoms with van der Waals surface area (Å²) in [4.78, 5) is 14.8. The number of amides is 1. The van der Waals surface area contributed by atoms with Gasteiger partial charge in [-0.25, -0.2) is 0 Å². The molecule has 2 aliphatic heterocycles. The number of nitrogens with one attached hydrogen (secondary N) is 4. The van der Waals surface area contributed by atoms with Gasteiger partial charge in [-0.05, 0) is 77.5 Å². The number of rotatable bonds is 13. The third-order valence-corrected chi connectivity index (χ3v) is 7.98. The van der Waals surface area contributed by atoms with Crippen molar-refractivity contribution in [2.24, 2.45) is 11.8 Å². The first-order valence-corrected chi connectivity index (χ1v) is 15.0. The number of anilines is 3. The van der Waals surface area contributed by atoms with Gasteiger partial charge in [0.2, 0.25) is 5.91 Å². The average Bonchev–Trinajstić information content (AvgIpc) is 2.97. The minimum atomic E-state index is -0.347. The van der Waals surface area contributed by atoms with Crippen molar-refractivity contribution in [2.45, 2.75) is 51.6 Å². The van der Waals surface area contributed by atoms with Crippen molar-refractivity contribution < 1.29 is 19.0 Å². The maximum Gasteiger partial charge on any atom is 0.224 e. The van der Waals surface area contributed by atoms with Gasteiger partial charge < -0.3 is 40.4 Å². The van der Waals surface area contributed by atoms with Crippen molar-refractivity contribution in [1.82, 2.24) is 10.2 Å². The standard InChI is InChI=1S/C32H46N6O4/c1-6-41-29-17-25-24(16-26(29)37-31(39)10-8-14-38(3)4)32(22(18-33)19-35-25)36-23-11-12-28(30(15-23)40-5)42-20-27-21(2)9-7-13-34-27/h11-12,15-17,21-22,27,32,34-36H,6-10,13-14,19-20H2,1-5H3,(H,37,39). The topological polar surface area (TPSA) is 120 Å². The zero-order valence-electron chi connectivity index (χ0n) is 25.6. The van der Waals surface area contributed by atoms with E-state index in [0.717, 1.165) is 36.4 Å². The lowest BCUT2D eigenvalue weighted by Crippen LogP contribution is -2.44. The summed E-state index contributed by atoms with van der Waals surface area (Å²) in [5, 5.41) is 23.6. The first-order valence-electron chi connectivity index (χ1n) is 15.0. The molecule has 2 heterocycles. The summed E-state index contributed by atoms with van der Waals surface area (Å²) < 4.78 is 17.8. The molecule has 4 rings (SSSR count). The van der Waals surface area contributed by atoms with Crippen molar-refractivity contribution in [3.63, 3.8) is 0 Å². The van der Waals surface area contributed by atoms with E-state index < -0.39 is 0 Å². The number of carbonyl (C=O) groups excluding carboxylic acids is 1. The van der Waals surface area contributed by atoms with Gasteiger partial charge in [0.25, 0.3) is 0 Å². The van der Waals surface area contributed by atoms with Gasteiger partial charge in [-0.3, -0.25) is 4.79 Å². The van der Waals surface area contributed by atoms with E-state index in [2.05, 4.69) is 39.2 Å². The van der Waals surface area contributed by atoms with Gasteiger partial charge in [-0.15, -0.1) is 0 Å². The molecular weight excluding hydrogens is 532 g/mol. The molecule has 4 N–H and O–H groups in total. The largest absolute Gasteiger partial charge is 0.493 e.